The van der Waals surface area contributed by atoms with Crippen LogP contribution in [0.4, 0.5) is 11.6 Å². The van der Waals surface area contributed by atoms with Gasteiger partial charge in [-0.1, -0.05) is 23.7 Å². The Kier molecular flexibility index (Phi) is 6.62. The Hall–Kier alpha value is -1.85. The number of benzene rings is 1. The van der Waals surface area contributed by atoms with Gasteiger partial charge in [0.25, 0.3) is 0 Å². The van der Waals surface area contributed by atoms with Crippen LogP contribution < -0.4 is 10.6 Å². The van der Waals surface area contributed by atoms with Gasteiger partial charge in [-0.25, -0.2) is 9.97 Å². The third-order valence-corrected chi connectivity index (χ3v) is 3.59. The highest BCUT2D eigenvalue weighted by molar-refractivity contribution is 6.30. The topological polar surface area (TPSA) is 53.1 Å². The van der Waals surface area contributed by atoms with Gasteiger partial charge >= 0.3 is 0 Å². The van der Waals surface area contributed by atoms with Crippen molar-refractivity contribution in [3.05, 3.63) is 46.7 Å². The molecule has 2 aromatic rings. The van der Waals surface area contributed by atoms with E-state index in [0.29, 0.717) is 0 Å². The highest BCUT2D eigenvalue weighted by atomic mass is 35.5. The molecular weight excluding hydrogens is 310 g/mol. The van der Waals surface area contributed by atoms with Crippen LogP contribution in [0.2, 0.25) is 5.02 Å². The van der Waals surface area contributed by atoms with E-state index in [1.54, 1.807) is 0 Å². The number of likely N-dealkylation sites (N-methyl/N-ethyl adjacent to an activating group) is 1. The molecule has 1 aromatic heterocycles. The van der Waals surface area contributed by atoms with E-state index in [0.717, 1.165) is 48.5 Å². The van der Waals surface area contributed by atoms with Crippen LogP contribution in [0.15, 0.2) is 30.3 Å². The van der Waals surface area contributed by atoms with Crippen molar-refractivity contribution < 1.29 is 0 Å². The standard InChI is InChI=1S/C17H24ClN5/c1-13-21-16(12-17(22-13)20-10-11-23(2)3)19-9-8-14-4-6-15(18)7-5-14/h4-7,12H,8-11H2,1-3H3,(H2,19,20,21,22). The first-order valence-corrected chi connectivity index (χ1v) is 8.13. The van der Waals surface area contributed by atoms with Gasteiger partial charge in [-0.3, -0.25) is 0 Å². The third-order valence-electron chi connectivity index (χ3n) is 3.34. The Morgan fingerprint density at radius 1 is 1.00 bits per heavy atom. The highest BCUT2D eigenvalue weighted by Crippen LogP contribution is 2.12. The normalized spacial score (nSPS) is 10.8. The molecule has 23 heavy (non-hydrogen) atoms. The second-order valence-corrected chi connectivity index (χ2v) is 6.16. The van der Waals surface area contributed by atoms with Crippen molar-refractivity contribution in [2.24, 2.45) is 0 Å². The molecule has 0 amide bonds. The summed E-state index contributed by atoms with van der Waals surface area (Å²) in [6, 6.07) is 9.87. The first kappa shape index (κ1) is 17.5. The molecule has 0 radical (unpaired) electrons. The van der Waals surface area contributed by atoms with Crippen molar-refractivity contribution in [3.63, 3.8) is 0 Å². The summed E-state index contributed by atoms with van der Waals surface area (Å²) in [5.41, 5.74) is 1.25. The fourth-order valence-electron chi connectivity index (χ4n) is 2.14. The summed E-state index contributed by atoms with van der Waals surface area (Å²) >= 11 is 5.90. The number of anilines is 2. The van der Waals surface area contributed by atoms with Crippen molar-refractivity contribution in [1.29, 1.82) is 0 Å². The average Bonchev–Trinajstić information content (AvgIpc) is 2.48. The maximum atomic E-state index is 5.90. The lowest BCUT2D eigenvalue weighted by Crippen LogP contribution is -2.21. The van der Waals surface area contributed by atoms with E-state index >= 15 is 0 Å². The molecule has 0 aliphatic carbocycles. The Balaban J connectivity index is 1.86. The zero-order valence-corrected chi connectivity index (χ0v) is 14.7. The molecule has 1 aromatic carbocycles. The second-order valence-electron chi connectivity index (χ2n) is 5.72. The van der Waals surface area contributed by atoms with Crippen LogP contribution in [0, 0.1) is 6.92 Å². The summed E-state index contributed by atoms with van der Waals surface area (Å²) in [6.45, 7) is 4.53. The minimum Gasteiger partial charge on any atom is -0.370 e. The van der Waals surface area contributed by atoms with Crippen LogP contribution >= 0.6 is 11.6 Å². The molecular formula is C17H24ClN5. The summed E-state index contributed by atoms with van der Waals surface area (Å²) in [5, 5.41) is 7.44. The summed E-state index contributed by atoms with van der Waals surface area (Å²) in [4.78, 5) is 11.0. The molecule has 0 fully saturated rings. The Bertz CT molecular complexity index is 613. The van der Waals surface area contributed by atoms with E-state index in [2.05, 4.69) is 39.6 Å². The Morgan fingerprint density at radius 2 is 1.61 bits per heavy atom. The van der Waals surface area contributed by atoms with E-state index in [9.17, 15) is 0 Å². The van der Waals surface area contributed by atoms with Crippen LogP contribution in [0.3, 0.4) is 0 Å². The van der Waals surface area contributed by atoms with Crippen LogP contribution in [0.25, 0.3) is 0 Å². The number of aromatic nitrogens is 2. The highest BCUT2D eigenvalue weighted by Gasteiger charge is 2.02. The largest absolute Gasteiger partial charge is 0.370 e. The zero-order valence-electron chi connectivity index (χ0n) is 13.9. The monoisotopic (exact) mass is 333 g/mol. The van der Waals surface area contributed by atoms with Crippen LogP contribution in [0.1, 0.15) is 11.4 Å². The molecule has 6 heteroatoms. The number of hydrogen-bond acceptors (Lipinski definition) is 5. The molecule has 0 aliphatic heterocycles. The molecule has 5 nitrogen and oxygen atoms in total. The molecule has 124 valence electrons. The molecule has 0 unspecified atom stereocenters. The molecule has 0 bridgehead atoms. The van der Waals surface area contributed by atoms with Gasteiger partial charge < -0.3 is 15.5 Å². The van der Waals surface area contributed by atoms with Gasteiger partial charge in [0.1, 0.15) is 17.5 Å². The predicted octanol–water partition coefficient (Wildman–Crippen LogP) is 3.07. The molecule has 0 saturated carbocycles. The summed E-state index contributed by atoms with van der Waals surface area (Å²) in [6.07, 6.45) is 0.920. The number of hydrogen-bond donors (Lipinski definition) is 2. The molecule has 2 rings (SSSR count). The van der Waals surface area contributed by atoms with Crippen LogP contribution in [-0.4, -0.2) is 48.6 Å². The first-order chi connectivity index (χ1) is 11.0. The molecule has 2 N–H and O–H groups in total. The fourth-order valence-corrected chi connectivity index (χ4v) is 2.27. The predicted molar refractivity (Wildman–Crippen MR) is 97.5 cm³/mol. The van der Waals surface area contributed by atoms with Gasteiger partial charge in [0.05, 0.1) is 0 Å². The third kappa shape index (κ3) is 6.42. The average molecular weight is 334 g/mol. The maximum absolute atomic E-state index is 5.90. The molecule has 1 heterocycles. The SMILES string of the molecule is Cc1nc(NCCc2ccc(Cl)cc2)cc(NCCN(C)C)n1. The maximum Gasteiger partial charge on any atom is 0.131 e. The van der Waals surface area contributed by atoms with Gasteiger partial charge in [0.2, 0.25) is 0 Å². The summed E-state index contributed by atoms with van der Waals surface area (Å²) in [7, 11) is 4.10. The molecule has 0 aliphatic rings. The molecule has 0 atom stereocenters. The quantitative estimate of drug-likeness (QED) is 0.777. The van der Waals surface area contributed by atoms with Gasteiger partial charge in [0.15, 0.2) is 0 Å². The first-order valence-electron chi connectivity index (χ1n) is 7.75. The van der Waals surface area contributed by atoms with Gasteiger partial charge in [0, 0.05) is 30.7 Å². The number of halogens is 1. The van der Waals surface area contributed by atoms with E-state index in [-0.39, 0.29) is 0 Å². The van der Waals surface area contributed by atoms with E-state index in [4.69, 9.17) is 11.6 Å². The van der Waals surface area contributed by atoms with Crippen molar-refractivity contribution in [2.75, 3.05) is 44.4 Å². The summed E-state index contributed by atoms with van der Waals surface area (Å²) in [5.74, 6) is 2.46. The van der Waals surface area contributed by atoms with E-state index < -0.39 is 0 Å². The minimum absolute atomic E-state index is 0.758. The van der Waals surface area contributed by atoms with Crippen molar-refractivity contribution in [1.82, 2.24) is 14.9 Å². The smallest absolute Gasteiger partial charge is 0.131 e. The minimum atomic E-state index is 0.758. The van der Waals surface area contributed by atoms with Gasteiger partial charge in [-0.15, -0.1) is 0 Å². The van der Waals surface area contributed by atoms with Gasteiger partial charge in [-0.05, 0) is 45.1 Å². The van der Waals surface area contributed by atoms with Crippen molar-refractivity contribution >= 4 is 23.2 Å². The zero-order chi connectivity index (χ0) is 16.7. The number of nitrogens with one attached hydrogen (secondary N) is 2. The molecule has 0 spiro atoms. The molecule has 0 saturated heterocycles. The van der Waals surface area contributed by atoms with Crippen LogP contribution in [0.5, 0.6) is 0 Å². The lowest BCUT2D eigenvalue weighted by Gasteiger charge is -2.12. The lowest BCUT2D eigenvalue weighted by molar-refractivity contribution is 0.425. The van der Waals surface area contributed by atoms with E-state index in [1.807, 2.05) is 37.3 Å². The fraction of sp³-hybridized carbons (Fsp3) is 0.412. The number of nitrogens with zero attached hydrogens (tertiary/aromatic N) is 3. The Morgan fingerprint density at radius 3 is 2.22 bits per heavy atom. The van der Waals surface area contributed by atoms with Gasteiger partial charge in [-0.2, -0.15) is 0 Å². The number of rotatable bonds is 8. The second kappa shape index (κ2) is 8.70. The summed E-state index contributed by atoms with van der Waals surface area (Å²) < 4.78 is 0. The number of aryl methyl sites for hydroxylation is 1. The van der Waals surface area contributed by atoms with Crippen molar-refractivity contribution in [3.8, 4) is 0 Å². The Labute approximate surface area is 143 Å². The van der Waals surface area contributed by atoms with Crippen LogP contribution in [-0.2, 0) is 6.42 Å². The van der Waals surface area contributed by atoms with Crippen molar-refractivity contribution in [2.45, 2.75) is 13.3 Å². The lowest BCUT2D eigenvalue weighted by atomic mass is 10.1. The van der Waals surface area contributed by atoms with E-state index in [1.165, 1.54) is 5.56 Å².